The van der Waals surface area contributed by atoms with Gasteiger partial charge in [0, 0.05) is 36.0 Å². The van der Waals surface area contributed by atoms with Crippen LogP contribution in [0.25, 0.3) is 28.3 Å². The van der Waals surface area contributed by atoms with E-state index < -0.39 is 17.6 Å². The van der Waals surface area contributed by atoms with Crippen LogP contribution in [-0.4, -0.2) is 52.0 Å². The average molecular weight is 564 g/mol. The number of alkyl halides is 3. The lowest BCUT2D eigenvalue weighted by Crippen LogP contribution is -2.41. The first-order valence-corrected chi connectivity index (χ1v) is 12.8. The van der Waals surface area contributed by atoms with Crippen LogP contribution < -0.4 is 11.1 Å². The van der Waals surface area contributed by atoms with Gasteiger partial charge < -0.3 is 25.1 Å². The van der Waals surface area contributed by atoms with Gasteiger partial charge in [0.2, 0.25) is 5.91 Å². The molecule has 2 aliphatic rings. The number of rotatable bonds is 6. The molecular formula is C29H24F3N5O4. The Hall–Kier alpha value is -4.71. The van der Waals surface area contributed by atoms with Crippen LogP contribution in [0.4, 0.5) is 19.0 Å². The predicted molar refractivity (Wildman–Crippen MR) is 143 cm³/mol. The highest BCUT2D eigenvalue weighted by atomic mass is 19.4. The van der Waals surface area contributed by atoms with Gasteiger partial charge in [0.15, 0.2) is 0 Å². The van der Waals surface area contributed by atoms with E-state index in [1.165, 1.54) is 42.7 Å². The second kappa shape index (κ2) is 10.4. The van der Waals surface area contributed by atoms with Gasteiger partial charge in [0.05, 0.1) is 42.1 Å². The van der Waals surface area contributed by atoms with Crippen molar-refractivity contribution in [2.45, 2.75) is 31.3 Å². The molecule has 2 saturated heterocycles. The topological polar surface area (TPSA) is 124 Å². The van der Waals surface area contributed by atoms with Crippen LogP contribution in [0.5, 0.6) is 0 Å². The van der Waals surface area contributed by atoms with Crippen molar-refractivity contribution in [2.24, 2.45) is 0 Å². The highest BCUT2D eigenvalue weighted by molar-refractivity contribution is 5.95. The molecule has 41 heavy (non-hydrogen) atoms. The summed E-state index contributed by atoms with van der Waals surface area (Å²) in [4.78, 5) is 35.1. The zero-order chi connectivity index (χ0) is 28.7. The van der Waals surface area contributed by atoms with E-state index in [2.05, 4.69) is 15.3 Å². The first kappa shape index (κ1) is 26.5. The second-order valence-electron chi connectivity index (χ2n) is 9.95. The molecular weight excluding hydrogens is 539 g/mol. The van der Waals surface area contributed by atoms with Crippen molar-refractivity contribution >= 4 is 34.7 Å². The number of halogens is 3. The van der Waals surface area contributed by atoms with Crippen molar-refractivity contribution in [3.8, 4) is 11.3 Å². The number of hydrogen-bond acceptors (Lipinski definition) is 7. The van der Waals surface area contributed by atoms with Crippen molar-refractivity contribution in [3.63, 3.8) is 0 Å². The van der Waals surface area contributed by atoms with Crippen molar-refractivity contribution < 1.29 is 31.9 Å². The maximum absolute atomic E-state index is 14.0. The van der Waals surface area contributed by atoms with E-state index in [0.29, 0.717) is 30.1 Å². The number of carbonyl (C=O) groups excluding carboxylic acids is 2. The monoisotopic (exact) mass is 563 g/mol. The number of amides is 2. The number of nitrogen functional groups attached to an aromatic ring is 1. The average Bonchev–Trinajstić information content (AvgIpc) is 3.70. The molecule has 4 aromatic rings. The molecule has 2 unspecified atom stereocenters. The summed E-state index contributed by atoms with van der Waals surface area (Å²) in [5.41, 5.74) is 5.75. The van der Waals surface area contributed by atoms with E-state index >= 15 is 0 Å². The molecule has 5 heterocycles. The minimum Gasteiger partial charge on any atom is -0.459 e. The van der Waals surface area contributed by atoms with Gasteiger partial charge in [0.1, 0.15) is 17.2 Å². The number of nitrogens with zero attached hydrogens (tertiary/aromatic N) is 3. The smallest absolute Gasteiger partial charge is 0.420 e. The molecule has 2 aliphatic heterocycles. The third-order valence-corrected chi connectivity index (χ3v) is 7.11. The number of anilines is 1. The number of nitrogens with one attached hydrogen (secondary N) is 1. The Bertz CT molecular complexity index is 1650. The normalized spacial score (nSPS) is 18.5. The molecule has 210 valence electrons. The zero-order valence-electron chi connectivity index (χ0n) is 21.5. The van der Waals surface area contributed by atoms with Gasteiger partial charge in [-0.1, -0.05) is 0 Å². The minimum atomic E-state index is -4.70. The van der Waals surface area contributed by atoms with Crippen molar-refractivity contribution in [3.05, 3.63) is 83.4 Å². The van der Waals surface area contributed by atoms with Crippen LogP contribution in [-0.2, 0) is 22.3 Å². The number of hydrogen-bond donors (Lipinski definition) is 2. The lowest BCUT2D eigenvalue weighted by Gasteiger charge is -2.26. The summed E-state index contributed by atoms with van der Waals surface area (Å²) in [5.74, 6) is -0.142. The highest BCUT2D eigenvalue weighted by Crippen LogP contribution is 2.39. The van der Waals surface area contributed by atoms with E-state index in [1.807, 2.05) is 0 Å². The molecule has 6 rings (SSSR count). The molecule has 2 fully saturated rings. The molecule has 0 radical (unpaired) electrons. The summed E-state index contributed by atoms with van der Waals surface area (Å²) in [6.07, 6.45) is 1.86. The Morgan fingerprint density at radius 1 is 1.12 bits per heavy atom. The Balaban J connectivity index is 1.20. The summed E-state index contributed by atoms with van der Waals surface area (Å²) in [7, 11) is 0. The molecule has 12 heteroatoms. The Morgan fingerprint density at radius 3 is 2.63 bits per heavy atom. The number of nitrogens with two attached hydrogens (primary N) is 1. The molecule has 2 amide bonds. The molecule has 3 aromatic heterocycles. The number of aromatic nitrogens is 2. The largest absolute Gasteiger partial charge is 0.459 e. The van der Waals surface area contributed by atoms with Gasteiger partial charge >= 0.3 is 6.18 Å². The molecule has 1 aromatic carbocycles. The van der Waals surface area contributed by atoms with E-state index in [1.54, 1.807) is 23.1 Å². The van der Waals surface area contributed by atoms with Crippen LogP contribution in [0.2, 0.25) is 0 Å². The molecule has 3 N–H and O–H groups in total. The van der Waals surface area contributed by atoms with Crippen molar-refractivity contribution in [1.82, 2.24) is 20.2 Å². The number of furan rings is 1. The fourth-order valence-corrected chi connectivity index (χ4v) is 5.08. The van der Waals surface area contributed by atoms with Gasteiger partial charge in [-0.05, 0) is 60.5 Å². The van der Waals surface area contributed by atoms with Crippen molar-refractivity contribution in [2.75, 3.05) is 18.9 Å². The number of ether oxygens (including phenoxy) is 1. The van der Waals surface area contributed by atoms with Gasteiger partial charge in [-0.25, -0.2) is 4.98 Å². The summed E-state index contributed by atoms with van der Waals surface area (Å²) >= 11 is 0. The second-order valence-corrected chi connectivity index (χ2v) is 9.95. The van der Waals surface area contributed by atoms with Gasteiger partial charge in [-0.15, -0.1) is 0 Å². The highest BCUT2D eigenvalue weighted by Gasteiger charge is 2.41. The van der Waals surface area contributed by atoms with Crippen LogP contribution in [0, 0.1) is 0 Å². The summed E-state index contributed by atoms with van der Waals surface area (Å²) in [5, 5.41) is 2.80. The van der Waals surface area contributed by atoms with Crippen LogP contribution in [0.1, 0.15) is 33.7 Å². The number of benzene rings is 1. The standard InChI is InChI=1S/C29H24F3N5O4/c30-29(31,32)23-9-18(24-4-3-17(12-34-24)28(39)37-14-22-10-20(37)15-40-22)7-19-8-21(41-27(19)23)13-36-26(38)6-2-16-1-5-25(33)35-11-16/h1-9,11-12,20,22H,10,13-15H2,(H2,33,35)(H,36,38). The SMILES string of the molecule is Nc1ccc(C=CC(=O)NCc2cc3cc(-c4ccc(C(=O)N5CC6CC5CO6)cn4)cc(C(F)(F)F)c3o2)cn1. The third kappa shape index (κ3) is 5.50. The summed E-state index contributed by atoms with van der Waals surface area (Å²) < 4.78 is 53.1. The predicted octanol–water partition coefficient (Wildman–Crippen LogP) is 4.43. The van der Waals surface area contributed by atoms with E-state index in [9.17, 15) is 22.8 Å². The minimum absolute atomic E-state index is 0.0426. The molecule has 0 aliphatic carbocycles. The fourth-order valence-electron chi connectivity index (χ4n) is 5.08. The molecule has 9 nitrogen and oxygen atoms in total. The number of fused-ring (bicyclic) bond motifs is 3. The maximum atomic E-state index is 14.0. The molecule has 2 bridgehead atoms. The van der Waals surface area contributed by atoms with Crippen LogP contribution in [0.3, 0.4) is 0 Å². The number of likely N-dealkylation sites (tertiary alicyclic amines) is 1. The van der Waals surface area contributed by atoms with E-state index in [-0.39, 0.29) is 52.6 Å². The van der Waals surface area contributed by atoms with Crippen molar-refractivity contribution in [1.29, 1.82) is 0 Å². The Labute approximate surface area is 231 Å². The lowest BCUT2D eigenvalue weighted by molar-refractivity contribution is -0.136. The maximum Gasteiger partial charge on any atom is 0.420 e. The summed E-state index contributed by atoms with van der Waals surface area (Å²) in [6, 6.07) is 10.4. The van der Waals surface area contributed by atoms with Crippen LogP contribution >= 0.6 is 0 Å². The third-order valence-electron chi connectivity index (χ3n) is 7.11. The number of carbonyl (C=O) groups is 2. The van der Waals surface area contributed by atoms with Gasteiger partial charge in [-0.3, -0.25) is 14.6 Å². The van der Waals surface area contributed by atoms with E-state index in [4.69, 9.17) is 14.9 Å². The Morgan fingerprint density at radius 2 is 1.98 bits per heavy atom. The number of pyridine rings is 2. The quantitative estimate of drug-likeness (QED) is 0.333. The first-order chi connectivity index (χ1) is 19.6. The number of morpholine rings is 1. The lowest BCUT2D eigenvalue weighted by atomic mass is 10.0. The molecule has 0 spiro atoms. The fraction of sp³-hybridized carbons (Fsp3) is 0.241. The van der Waals surface area contributed by atoms with E-state index in [0.717, 1.165) is 12.5 Å². The Kier molecular flexibility index (Phi) is 6.70. The van der Waals surface area contributed by atoms with Crippen LogP contribution in [0.15, 0.2) is 65.4 Å². The first-order valence-electron chi connectivity index (χ1n) is 12.8. The zero-order valence-corrected chi connectivity index (χ0v) is 21.5. The van der Waals surface area contributed by atoms with Gasteiger partial charge in [-0.2, -0.15) is 13.2 Å². The summed E-state index contributed by atoms with van der Waals surface area (Å²) in [6.45, 7) is 0.913. The molecule has 0 saturated carbocycles. The molecule has 2 atom stereocenters. The van der Waals surface area contributed by atoms with Gasteiger partial charge in [0.25, 0.3) is 5.91 Å².